The Hall–Kier alpha value is -1.98. The molecule has 1 fully saturated rings. The third kappa shape index (κ3) is 3.56. The van der Waals surface area contributed by atoms with Gasteiger partial charge in [0.1, 0.15) is 11.6 Å². The minimum absolute atomic E-state index is 0.0812. The fourth-order valence-electron chi connectivity index (χ4n) is 2.83. The Bertz CT molecular complexity index is 562. The number of carboxylic acids is 1. The maximum Gasteiger partial charge on any atom is 0.307 e. The summed E-state index contributed by atoms with van der Waals surface area (Å²) in [7, 11) is 0. The lowest BCUT2D eigenvalue weighted by Crippen LogP contribution is -2.35. The standard InChI is InChI=1S/C15H17F2NO3/c1-8-4-11(12(5-8)15(20)21)14(19)18-7-9-2-3-10(16)6-13(9)17/h2-3,6,8,11-12H,4-5,7H2,1H3,(H,18,19)(H,20,21). The van der Waals surface area contributed by atoms with Crippen LogP contribution in [0.1, 0.15) is 25.3 Å². The van der Waals surface area contributed by atoms with Crippen molar-refractivity contribution < 1.29 is 23.5 Å². The molecule has 1 aliphatic carbocycles. The van der Waals surface area contributed by atoms with Crippen LogP contribution in [0.3, 0.4) is 0 Å². The Morgan fingerprint density at radius 1 is 1.29 bits per heavy atom. The summed E-state index contributed by atoms with van der Waals surface area (Å²) in [6, 6.07) is 3.12. The zero-order valence-corrected chi connectivity index (χ0v) is 11.6. The van der Waals surface area contributed by atoms with Gasteiger partial charge in [0.05, 0.1) is 11.8 Å². The normalized spacial score (nSPS) is 24.8. The Morgan fingerprint density at radius 3 is 2.57 bits per heavy atom. The molecule has 0 heterocycles. The summed E-state index contributed by atoms with van der Waals surface area (Å²) in [5.74, 6) is -3.91. The molecule has 0 aliphatic heterocycles. The molecule has 3 atom stereocenters. The summed E-state index contributed by atoms with van der Waals surface area (Å²) in [5, 5.41) is 11.7. The van der Waals surface area contributed by atoms with Crippen LogP contribution in [-0.4, -0.2) is 17.0 Å². The van der Waals surface area contributed by atoms with Crippen LogP contribution < -0.4 is 5.32 Å². The summed E-state index contributed by atoms with van der Waals surface area (Å²) in [6.45, 7) is 1.82. The van der Waals surface area contributed by atoms with Gasteiger partial charge in [0, 0.05) is 18.2 Å². The molecule has 2 N–H and O–H groups in total. The third-order valence-corrected chi connectivity index (χ3v) is 3.92. The van der Waals surface area contributed by atoms with Gasteiger partial charge in [-0.1, -0.05) is 13.0 Å². The minimum Gasteiger partial charge on any atom is -0.481 e. The van der Waals surface area contributed by atoms with Crippen LogP contribution in [0.25, 0.3) is 0 Å². The Kier molecular flexibility index (Phi) is 4.55. The molecule has 0 radical (unpaired) electrons. The number of carboxylic acid groups (broad SMARTS) is 1. The van der Waals surface area contributed by atoms with E-state index in [0.717, 1.165) is 12.1 Å². The van der Waals surface area contributed by atoms with Crippen molar-refractivity contribution in [2.75, 3.05) is 0 Å². The van der Waals surface area contributed by atoms with Gasteiger partial charge in [0.15, 0.2) is 0 Å². The average Bonchev–Trinajstić information content (AvgIpc) is 2.80. The highest BCUT2D eigenvalue weighted by Gasteiger charge is 2.41. The van der Waals surface area contributed by atoms with Gasteiger partial charge in [-0.25, -0.2) is 8.78 Å². The van der Waals surface area contributed by atoms with E-state index >= 15 is 0 Å². The van der Waals surface area contributed by atoms with Crippen molar-refractivity contribution in [2.24, 2.45) is 17.8 Å². The van der Waals surface area contributed by atoms with Gasteiger partial charge in [0.2, 0.25) is 5.91 Å². The van der Waals surface area contributed by atoms with E-state index in [1.54, 1.807) is 0 Å². The SMILES string of the molecule is CC1CC(C(=O)O)C(C(=O)NCc2ccc(F)cc2F)C1. The van der Waals surface area contributed by atoms with Gasteiger partial charge in [0.25, 0.3) is 0 Å². The molecule has 3 unspecified atom stereocenters. The largest absolute Gasteiger partial charge is 0.481 e. The number of aliphatic carboxylic acids is 1. The van der Waals surface area contributed by atoms with Crippen LogP contribution in [0.5, 0.6) is 0 Å². The highest BCUT2D eigenvalue weighted by Crippen LogP contribution is 2.36. The number of rotatable bonds is 4. The molecule has 1 aromatic carbocycles. The monoisotopic (exact) mass is 297 g/mol. The molecule has 1 aromatic rings. The van der Waals surface area contributed by atoms with E-state index in [1.807, 2.05) is 6.92 Å². The van der Waals surface area contributed by atoms with Gasteiger partial charge in [-0.3, -0.25) is 9.59 Å². The number of hydrogen-bond acceptors (Lipinski definition) is 2. The molecule has 1 amide bonds. The zero-order chi connectivity index (χ0) is 15.6. The van der Waals surface area contributed by atoms with Crippen molar-refractivity contribution in [3.8, 4) is 0 Å². The Morgan fingerprint density at radius 2 is 1.95 bits per heavy atom. The lowest BCUT2D eigenvalue weighted by atomic mass is 9.95. The number of halogens is 2. The number of amides is 1. The number of carbonyl (C=O) groups excluding carboxylic acids is 1. The van der Waals surface area contributed by atoms with Gasteiger partial charge < -0.3 is 10.4 Å². The number of hydrogen-bond donors (Lipinski definition) is 2. The predicted octanol–water partition coefficient (Wildman–Crippen LogP) is 2.33. The molecule has 1 aliphatic rings. The molecule has 21 heavy (non-hydrogen) atoms. The van der Waals surface area contributed by atoms with Crippen LogP contribution >= 0.6 is 0 Å². The molecular formula is C15H17F2NO3. The predicted molar refractivity (Wildman–Crippen MR) is 71.2 cm³/mol. The Balaban J connectivity index is 1.99. The van der Waals surface area contributed by atoms with E-state index in [-0.39, 0.29) is 18.0 Å². The maximum atomic E-state index is 13.5. The number of carbonyl (C=O) groups is 2. The number of benzene rings is 1. The first-order valence-corrected chi connectivity index (χ1v) is 6.83. The molecule has 4 nitrogen and oxygen atoms in total. The molecule has 2 rings (SSSR count). The topological polar surface area (TPSA) is 66.4 Å². The summed E-state index contributed by atoms with van der Waals surface area (Å²) in [5.41, 5.74) is 0.169. The van der Waals surface area contributed by atoms with Crippen molar-refractivity contribution >= 4 is 11.9 Å². The molecule has 0 bridgehead atoms. The van der Waals surface area contributed by atoms with E-state index in [9.17, 15) is 18.4 Å². The fourth-order valence-corrected chi connectivity index (χ4v) is 2.83. The van der Waals surface area contributed by atoms with Crippen LogP contribution in [0, 0.1) is 29.4 Å². The summed E-state index contributed by atoms with van der Waals surface area (Å²) >= 11 is 0. The van der Waals surface area contributed by atoms with Crippen LogP contribution in [0.15, 0.2) is 18.2 Å². The third-order valence-electron chi connectivity index (χ3n) is 3.92. The highest BCUT2D eigenvalue weighted by molar-refractivity contribution is 5.85. The zero-order valence-electron chi connectivity index (χ0n) is 11.6. The quantitative estimate of drug-likeness (QED) is 0.896. The summed E-state index contributed by atoms with van der Waals surface area (Å²) in [4.78, 5) is 23.2. The number of nitrogens with one attached hydrogen (secondary N) is 1. The van der Waals surface area contributed by atoms with Crippen LogP contribution in [0.2, 0.25) is 0 Å². The van der Waals surface area contributed by atoms with Crippen LogP contribution in [0.4, 0.5) is 8.78 Å². The molecule has 0 spiro atoms. The van der Waals surface area contributed by atoms with Crippen molar-refractivity contribution in [1.82, 2.24) is 5.32 Å². The van der Waals surface area contributed by atoms with Crippen molar-refractivity contribution in [1.29, 1.82) is 0 Å². The van der Waals surface area contributed by atoms with Gasteiger partial charge in [-0.2, -0.15) is 0 Å². The molecule has 0 aromatic heterocycles. The van der Waals surface area contributed by atoms with Gasteiger partial charge in [-0.15, -0.1) is 0 Å². The van der Waals surface area contributed by atoms with E-state index in [4.69, 9.17) is 5.11 Å². The first-order chi connectivity index (χ1) is 9.88. The van der Waals surface area contributed by atoms with E-state index in [2.05, 4.69) is 5.32 Å². The second-order valence-corrected chi connectivity index (χ2v) is 5.58. The Labute approximate surface area is 121 Å². The smallest absolute Gasteiger partial charge is 0.307 e. The lowest BCUT2D eigenvalue weighted by Gasteiger charge is -2.15. The lowest BCUT2D eigenvalue weighted by molar-refractivity contribution is -0.146. The summed E-state index contributed by atoms with van der Waals surface area (Å²) < 4.78 is 26.2. The van der Waals surface area contributed by atoms with Gasteiger partial charge in [-0.05, 0) is 24.8 Å². The highest BCUT2D eigenvalue weighted by atomic mass is 19.1. The van der Waals surface area contributed by atoms with E-state index < -0.39 is 35.3 Å². The molecule has 114 valence electrons. The maximum absolute atomic E-state index is 13.5. The molecule has 0 saturated heterocycles. The molecule has 1 saturated carbocycles. The summed E-state index contributed by atoms with van der Waals surface area (Å²) in [6.07, 6.45) is 0.979. The van der Waals surface area contributed by atoms with Crippen molar-refractivity contribution in [3.05, 3.63) is 35.4 Å². The van der Waals surface area contributed by atoms with Crippen LogP contribution in [-0.2, 0) is 16.1 Å². The fraction of sp³-hybridized carbons (Fsp3) is 0.467. The first-order valence-electron chi connectivity index (χ1n) is 6.83. The minimum atomic E-state index is -0.979. The second-order valence-electron chi connectivity index (χ2n) is 5.58. The van der Waals surface area contributed by atoms with E-state index in [1.165, 1.54) is 6.07 Å². The first kappa shape index (κ1) is 15.4. The van der Waals surface area contributed by atoms with Gasteiger partial charge >= 0.3 is 5.97 Å². The van der Waals surface area contributed by atoms with Crippen molar-refractivity contribution in [2.45, 2.75) is 26.3 Å². The van der Waals surface area contributed by atoms with E-state index in [0.29, 0.717) is 12.8 Å². The van der Waals surface area contributed by atoms with Crippen molar-refractivity contribution in [3.63, 3.8) is 0 Å². The molecular weight excluding hydrogens is 280 g/mol. The average molecular weight is 297 g/mol. The molecule has 6 heteroatoms. The second kappa shape index (κ2) is 6.20.